The molecular formula is C17H15ClN4O3. The summed E-state index contributed by atoms with van der Waals surface area (Å²) < 4.78 is 0. The number of rotatable bonds is 4. The lowest BCUT2D eigenvalue weighted by Crippen LogP contribution is -2.20. The Morgan fingerprint density at radius 2 is 2.12 bits per heavy atom. The van der Waals surface area contributed by atoms with E-state index in [1.807, 2.05) is 0 Å². The Morgan fingerprint density at radius 3 is 2.84 bits per heavy atom. The van der Waals surface area contributed by atoms with E-state index in [0.29, 0.717) is 21.7 Å². The van der Waals surface area contributed by atoms with Crippen molar-refractivity contribution in [1.29, 1.82) is 0 Å². The number of carboxylic acid groups (broad SMARTS) is 1. The number of benzene rings is 1. The number of aryl methyl sites for hydroxylation is 1. The summed E-state index contributed by atoms with van der Waals surface area (Å²) in [6.07, 6.45) is 1.43. The molecule has 2 heterocycles. The van der Waals surface area contributed by atoms with Crippen molar-refractivity contribution in [2.75, 3.05) is 5.32 Å². The zero-order valence-corrected chi connectivity index (χ0v) is 14.3. The second kappa shape index (κ2) is 6.52. The molecule has 0 spiro atoms. The summed E-state index contributed by atoms with van der Waals surface area (Å²) in [6, 6.07) is 6.51. The van der Waals surface area contributed by atoms with Crippen LogP contribution in [0.4, 0.5) is 5.95 Å². The second-order valence-electron chi connectivity index (χ2n) is 5.68. The minimum atomic E-state index is -1.13. The summed E-state index contributed by atoms with van der Waals surface area (Å²) in [7, 11) is 0. The number of nitrogens with one attached hydrogen (secondary N) is 2. The molecule has 25 heavy (non-hydrogen) atoms. The Bertz CT molecular complexity index is 1030. The van der Waals surface area contributed by atoms with E-state index in [1.54, 1.807) is 38.1 Å². The van der Waals surface area contributed by atoms with Crippen molar-refractivity contribution in [3.05, 3.63) is 62.7 Å². The third-order valence-electron chi connectivity index (χ3n) is 3.82. The van der Waals surface area contributed by atoms with E-state index in [4.69, 9.17) is 16.7 Å². The minimum Gasteiger partial charge on any atom is -0.476 e. The molecule has 0 aliphatic carbocycles. The van der Waals surface area contributed by atoms with Gasteiger partial charge in [-0.1, -0.05) is 11.6 Å². The van der Waals surface area contributed by atoms with Gasteiger partial charge in [-0.3, -0.25) is 4.79 Å². The van der Waals surface area contributed by atoms with Crippen LogP contribution >= 0.6 is 11.6 Å². The lowest BCUT2D eigenvalue weighted by molar-refractivity contribution is 0.0689. The molecule has 0 bridgehead atoms. The van der Waals surface area contributed by atoms with Crippen molar-refractivity contribution in [2.24, 2.45) is 0 Å². The number of pyridine rings is 1. The lowest BCUT2D eigenvalue weighted by Gasteiger charge is -2.14. The zero-order chi connectivity index (χ0) is 18.1. The highest BCUT2D eigenvalue weighted by molar-refractivity contribution is 6.31. The predicted molar refractivity (Wildman–Crippen MR) is 95.3 cm³/mol. The summed E-state index contributed by atoms with van der Waals surface area (Å²) in [5, 5.41) is 13.5. The first-order chi connectivity index (χ1) is 11.8. The molecule has 3 N–H and O–H groups in total. The van der Waals surface area contributed by atoms with E-state index < -0.39 is 12.0 Å². The number of hydrogen-bond donors (Lipinski definition) is 3. The molecular weight excluding hydrogens is 344 g/mol. The largest absolute Gasteiger partial charge is 0.476 e. The van der Waals surface area contributed by atoms with Crippen molar-refractivity contribution in [3.8, 4) is 0 Å². The van der Waals surface area contributed by atoms with Gasteiger partial charge in [-0.15, -0.1) is 0 Å². The van der Waals surface area contributed by atoms with Crippen LogP contribution < -0.4 is 10.9 Å². The molecule has 3 rings (SSSR count). The standard InChI is InChI=1S/C17H15ClN4O3/c1-8-7-19-17(22-14(8)16(24)25)20-9(2)12-6-10-5-11(18)3-4-13(10)21-15(12)23/h3-7,9H,1-2H3,(H,21,23)(H,24,25)(H,19,20,22)/t9-/m0/s1. The molecule has 3 aromatic rings. The number of hydrogen-bond acceptors (Lipinski definition) is 5. The molecule has 8 heteroatoms. The van der Waals surface area contributed by atoms with Crippen LogP contribution in [0, 0.1) is 6.92 Å². The molecule has 1 aromatic carbocycles. The van der Waals surface area contributed by atoms with E-state index in [0.717, 1.165) is 5.39 Å². The minimum absolute atomic E-state index is 0.0797. The van der Waals surface area contributed by atoms with Crippen LogP contribution in [0.3, 0.4) is 0 Å². The van der Waals surface area contributed by atoms with E-state index in [-0.39, 0.29) is 17.2 Å². The summed E-state index contributed by atoms with van der Waals surface area (Å²) in [5.74, 6) is -0.991. The number of anilines is 1. The first kappa shape index (κ1) is 16.9. The number of nitrogens with zero attached hydrogens (tertiary/aromatic N) is 2. The van der Waals surface area contributed by atoms with E-state index >= 15 is 0 Å². The predicted octanol–water partition coefficient (Wildman–Crippen LogP) is 3.15. The molecule has 128 valence electrons. The number of H-pyrrole nitrogens is 1. The molecule has 7 nitrogen and oxygen atoms in total. The van der Waals surface area contributed by atoms with Crippen molar-refractivity contribution >= 4 is 34.4 Å². The van der Waals surface area contributed by atoms with Crippen molar-refractivity contribution in [3.63, 3.8) is 0 Å². The van der Waals surface area contributed by atoms with Crippen LogP contribution in [0.25, 0.3) is 10.9 Å². The molecule has 0 aliphatic rings. The Labute approximate surface area is 147 Å². The highest BCUT2D eigenvalue weighted by atomic mass is 35.5. The summed E-state index contributed by atoms with van der Waals surface area (Å²) in [6.45, 7) is 3.39. The Hall–Kier alpha value is -2.93. The number of fused-ring (bicyclic) bond motifs is 1. The fourth-order valence-corrected chi connectivity index (χ4v) is 2.70. The number of halogens is 1. The molecule has 0 saturated heterocycles. The molecule has 0 fully saturated rings. The monoisotopic (exact) mass is 358 g/mol. The van der Waals surface area contributed by atoms with Gasteiger partial charge in [-0.25, -0.2) is 14.8 Å². The number of aromatic amines is 1. The van der Waals surface area contributed by atoms with E-state index in [1.165, 1.54) is 6.20 Å². The Balaban J connectivity index is 1.96. The van der Waals surface area contributed by atoms with E-state index in [2.05, 4.69) is 20.3 Å². The zero-order valence-electron chi connectivity index (χ0n) is 13.5. The molecule has 0 radical (unpaired) electrons. The van der Waals surface area contributed by atoms with Crippen LogP contribution in [0.2, 0.25) is 5.02 Å². The van der Waals surface area contributed by atoms with Crippen LogP contribution in [0.5, 0.6) is 0 Å². The van der Waals surface area contributed by atoms with Gasteiger partial charge in [0.2, 0.25) is 5.95 Å². The smallest absolute Gasteiger partial charge is 0.354 e. The van der Waals surface area contributed by atoms with Crippen LogP contribution in [0.15, 0.2) is 35.3 Å². The summed E-state index contributed by atoms with van der Waals surface area (Å²) in [5.41, 5.74) is 1.29. The first-order valence-electron chi connectivity index (χ1n) is 7.51. The first-order valence-corrected chi connectivity index (χ1v) is 7.89. The Kier molecular flexibility index (Phi) is 4.41. The molecule has 0 amide bonds. The average molecular weight is 359 g/mol. The molecule has 0 saturated carbocycles. The number of carboxylic acids is 1. The van der Waals surface area contributed by atoms with Gasteiger partial charge >= 0.3 is 5.97 Å². The van der Waals surface area contributed by atoms with Gasteiger partial charge in [0.15, 0.2) is 5.69 Å². The normalized spacial score (nSPS) is 12.1. The van der Waals surface area contributed by atoms with Gasteiger partial charge in [0, 0.05) is 33.2 Å². The van der Waals surface area contributed by atoms with Crippen molar-refractivity contribution in [1.82, 2.24) is 15.0 Å². The maximum Gasteiger partial charge on any atom is 0.354 e. The lowest BCUT2D eigenvalue weighted by atomic mass is 10.1. The quantitative estimate of drug-likeness (QED) is 0.661. The fraction of sp³-hybridized carbons (Fsp3) is 0.176. The molecule has 2 aromatic heterocycles. The molecule has 1 atom stereocenters. The van der Waals surface area contributed by atoms with Crippen molar-refractivity contribution in [2.45, 2.75) is 19.9 Å². The van der Waals surface area contributed by atoms with Crippen molar-refractivity contribution < 1.29 is 9.90 Å². The van der Waals surface area contributed by atoms with Crippen LogP contribution in [0.1, 0.15) is 34.6 Å². The van der Waals surface area contributed by atoms with Crippen LogP contribution in [-0.4, -0.2) is 26.0 Å². The third kappa shape index (κ3) is 3.46. The maximum atomic E-state index is 12.3. The summed E-state index contributed by atoms with van der Waals surface area (Å²) in [4.78, 5) is 34.4. The topological polar surface area (TPSA) is 108 Å². The number of aromatic nitrogens is 3. The van der Waals surface area contributed by atoms with Crippen LogP contribution in [-0.2, 0) is 0 Å². The van der Waals surface area contributed by atoms with Gasteiger partial charge in [-0.2, -0.15) is 0 Å². The SMILES string of the molecule is Cc1cnc(N[C@@H](C)c2cc3cc(Cl)ccc3[nH]c2=O)nc1C(=O)O. The maximum absolute atomic E-state index is 12.3. The molecule has 0 aliphatic heterocycles. The highest BCUT2D eigenvalue weighted by Crippen LogP contribution is 2.21. The second-order valence-corrected chi connectivity index (χ2v) is 6.12. The number of carbonyl (C=O) groups is 1. The third-order valence-corrected chi connectivity index (χ3v) is 4.06. The summed E-state index contributed by atoms with van der Waals surface area (Å²) >= 11 is 6.00. The van der Waals surface area contributed by atoms with Gasteiger partial charge in [0.25, 0.3) is 5.56 Å². The molecule has 0 unspecified atom stereocenters. The highest BCUT2D eigenvalue weighted by Gasteiger charge is 2.15. The van der Waals surface area contributed by atoms with Gasteiger partial charge in [0.1, 0.15) is 0 Å². The van der Waals surface area contributed by atoms with E-state index in [9.17, 15) is 9.59 Å². The average Bonchev–Trinajstić information content (AvgIpc) is 2.56. The van der Waals surface area contributed by atoms with Gasteiger partial charge < -0.3 is 15.4 Å². The van der Waals surface area contributed by atoms with Gasteiger partial charge in [-0.05, 0) is 38.1 Å². The number of aromatic carboxylic acids is 1. The fourth-order valence-electron chi connectivity index (χ4n) is 2.52. The van der Waals surface area contributed by atoms with Gasteiger partial charge in [0.05, 0.1) is 6.04 Å². The Morgan fingerprint density at radius 1 is 1.36 bits per heavy atom.